The lowest BCUT2D eigenvalue weighted by Crippen LogP contribution is -2.47. The van der Waals surface area contributed by atoms with E-state index in [0.29, 0.717) is 55.5 Å². The van der Waals surface area contributed by atoms with Gasteiger partial charge in [0.1, 0.15) is 11.8 Å². The van der Waals surface area contributed by atoms with Gasteiger partial charge in [0, 0.05) is 64.1 Å². The van der Waals surface area contributed by atoms with Crippen molar-refractivity contribution < 1.29 is 19.1 Å². The monoisotopic (exact) mass is 517 g/mol. The Morgan fingerprint density at radius 1 is 1.11 bits per heavy atom. The van der Waals surface area contributed by atoms with Crippen LogP contribution in [0, 0.1) is 0 Å². The second-order valence-electron chi connectivity index (χ2n) is 9.19. The molecule has 0 fully saturated rings. The van der Waals surface area contributed by atoms with Gasteiger partial charge >= 0.3 is 0 Å². The summed E-state index contributed by atoms with van der Waals surface area (Å²) in [6.07, 6.45) is 8.74. The molecule has 0 saturated carbocycles. The number of halogens is 1. The van der Waals surface area contributed by atoms with E-state index >= 15 is 0 Å². The van der Waals surface area contributed by atoms with Crippen LogP contribution in [0.5, 0.6) is 5.75 Å². The number of aryl methyl sites for hydroxylation is 1. The van der Waals surface area contributed by atoms with Crippen LogP contribution in [0.25, 0.3) is 0 Å². The molecule has 0 saturated heterocycles. The van der Waals surface area contributed by atoms with E-state index in [1.807, 2.05) is 15.7 Å². The number of nitrogens with zero attached hydrogens (tertiary/aromatic N) is 5. The number of rotatable bonds is 3. The molecule has 2 aromatic rings. The minimum atomic E-state index is -0.647. The van der Waals surface area contributed by atoms with Gasteiger partial charge in [-0.2, -0.15) is 0 Å². The van der Waals surface area contributed by atoms with Gasteiger partial charge in [-0.3, -0.25) is 14.4 Å². The average molecular weight is 518 g/mol. The molecule has 1 aromatic heterocycles. The standard InChI is InChI=1S/C26H36ClN5O4/c1-20-25(34)29(2)12-4-5-13-32(24(33)10-15-31-16-11-28-19-31)14-6-7-17-36-23-9-8-21(27)18-22(23)26(35)30(20)3/h8-9,11,16,18-20H,4-7,10,12-15,17H2,1-3H3/t20-/m0/s1. The fourth-order valence-corrected chi connectivity index (χ4v) is 4.33. The topological polar surface area (TPSA) is 88.0 Å². The van der Waals surface area contributed by atoms with Crippen LogP contribution in [0.1, 0.15) is 49.4 Å². The third-order valence-corrected chi connectivity index (χ3v) is 6.79. The van der Waals surface area contributed by atoms with Crippen LogP contribution in [0.3, 0.4) is 0 Å². The number of ether oxygens (including phenoxy) is 1. The van der Waals surface area contributed by atoms with E-state index in [-0.39, 0.29) is 17.7 Å². The summed E-state index contributed by atoms with van der Waals surface area (Å²) >= 11 is 6.17. The SMILES string of the molecule is C[C@H]1C(=O)N(C)CCCCN(C(=O)CCn2ccnc2)CCCCOc2ccc(Cl)cc2C(=O)N1C. The van der Waals surface area contributed by atoms with E-state index in [1.165, 1.54) is 4.90 Å². The minimum Gasteiger partial charge on any atom is -0.493 e. The van der Waals surface area contributed by atoms with Gasteiger partial charge in [-0.05, 0) is 50.8 Å². The number of hydrogen-bond donors (Lipinski definition) is 0. The number of likely N-dealkylation sites (N-methyl/N-ethyl adjacent to an activating group) is 2. The fraction of sp³-hybridized carbons (Fsp3) is 0.538. The predicted octanol–water partition coefficient (Wildman–Crippen LogP) is 3.33. The maximum atomic E-state index is 13.2. The van der Waals surface area contributed by atoms with Gasteiger partial charge in [-0.1, -0.05) is 11.6 Å². The predicted molar refractivity (Wildman–Crippen MR) is 138 cm³/mol. The van der Waals surface area contributed by atoms with Gasteiger partial charge in [0.25, 0.3) is 5.91 Å². The molecule has 2 heterocycles. The quantitative estimate of drug-likeness (QED) is 0.623. The van der Waals surface area contributed by atoms with E-state index in [9.17, 15) is 14.4 Å². The van der Waals surface area contributed by atoms with E-state index in [2.05, 4.69) is 4.98 Å². The molecule has 36 heavy (non-hydrogen) atoms. The first-order valence-electron chi connectivity index (χ1n) is 12.5. The lowest BCUT2D eigenvalue weighted by Gasteiger charge is -2.29. The van der Waals surface area contributed by atoms with Crippen LogP contribution in [0.15, 0.2) is 36.9 Å². The van der Waals surface area contributed by atoms with Gasteiger partial charge in [0.2, 0.25) is 11.8 Å². The second-order valence-corrected chi connectivity index (χ2v) is 9.62. The number of carbonyl (C=O) groups excluding carboxylic acids is 3. The molecule has 3 rings (SSSR count). The van der Waals surface area contributed by atoms with Crippen LogP contribution in [-0.2, 0) is 16.1 Å². The molecule has 1 aromatic carbocycles. The molecule has 9 nitrogen and oxygen atoms in total. The molecule has 1 aliphatic rings. The normalized spacial score (nSPS) is 19.0. The zero-order chi connectivity index (χ0) is 26.1. The molecular formula is C26H36ClN5O4. The minimum absolute atomic E-state index is 0.104. The van der Waals surface area contributed by atoms with Crippen LogP contribution in [0.2, 0.25) is 5.02 Å². The second kappa shape index (κ2) is 13.3. The summed E-state index contributed by atoms with van der Waals surface area (Å²) in [5.41, 5.74) is 0.327. The number of carbonyl (C=O) groups is 3. The Bertz CT molecular complexity index is 1030. The molecule has 0 aliphatic carbocycles. The molecule has 0 spiro atoms. The summed E-state index contributed by atoms with van der Waals surface area (Å²) in [6, 6.07) is 4.29. The smallest absolute Gasteiger partial charge is 0.258 e. The zero-order valence-electron chi connectivity index (χ0n) is 21.4. The van der Waals surface area contributed by atoms with Gasteiger partial charge in [-0.15, -0.1) is 0 Å². The van der Waals surface area contributed by atoms with E-state index in [1.54, 1.807) is 56.6 Å². The number of hydrogen-bond acceptors (Lipinski definition) is 5. The first-order chi connectivity index (χ1) is 17.3. The van der Waals surface area contributed by atoms with Crippen molar-refractivity contribution in [2.45, 2.75) is 51.6 Å². The Balaban J connectivity index is 1.72. The Morgan fingerprint density at radius 3 is 2.56 bits per heavy atom. The molecule has 0 unspecified atom stereocenters. The molecule has 0 N–H and O–H groups in total. The largest absolute Gasteiger partial charge is 0.493 e. The molecular weight excluding hydrogens is 482 g/mol. The summed E-state index contributed by atoms with van der Waals surface area (Å²) in [7, 11) is 3.36. The molecule has 0 bridgehead atoms. The van der Waals surface area contributed by atoms with Crippen molar-refractivity contribution in [3.8, 4) is 5.75 Å². The van der Waals surface area contributed by atoms with Crippen LogP contribution in [-0.4, -0.2) is 88.4 Å². The number of fused-ring (bicyclic) bond motifs is 1. The van der Waals surface area contributed by atoms with Crippen molar-refractivity contribution in [1.82, 2.24) is 24.3 Å². The molecule has 10 heteroatoms. The number of imidazole rings is 1. The Hall–Kier alpha value is -3.07. The molecule has 1 aliphatic heterocycles. The van der Waals surface area contributed by atoms with Crippen molar-refractivity contribution in [1.29, 1.82) is 0 Å². The van der Waals surface area contributed by atoms with Gasteiger partial charge in [0.15, 0.2) is 0 Å². The first-order valence-corrected chi connectivity index (χ1v) is 12.8. The zero-order valence-corrected chi connectivity index (χ0v) is 22.1. The highest BCUT2D eigenvalue weighted by atomic mass is 35.5. The Morgan fingerprint density at radius 2 is 1.83 bits per heavy atom. The van der Waals surface area contributed by atoms with Crippen molar-refractivity contribution in [2.75, 3.05) is 40.3 Å². The molecule has 0 radical (unpaired) electrons. The number of benzene rings is 1. The first kappa shape index (κ1) is 27.5. The summed E-state index contributed by atoms with van der Waals surface area (Å²) in [5, 5.41) is 0.422. The molecule has 1 atom stereocenters. The highest BCUT2D eigenvalue weighted by Crippen LogP contribution is 2.25. The average Bonchev–Trinajstić information content (AvgIpc) is 3.40. The maximum absolute atomic E-state index is 13.2. The summed E-state index contributed by atoms with van der Waals surface area (Å²) in [5.74, 6) is 0.0725. The number of amides is 3. The van der Waals surface area contributed by atoms with Crippen LogP contribution in [0.4, 0.5) is 0 Å². The summed E-state index contributed by atoms with van der Waals surface area (Å²) in [4.78, 5) is 48.2. The maximum Gasteiger partial charge on any atom is 0.258 e. The van der Waals surface area contributed by atoms with E-state index in [4.69, 9.17) is 16.3 Å². The van der Waals surface area contributed by atoms with Crippen LogP contribution >= 0.6 is 11.6 Å². The molecule has 196 valence electrons. The Kier molecular flexibility index (Phi) is 10.2. The van der Waals surface area contributed by atoms with Crippen molar-refractivity contribution in [3.63, 3.8) is 0 Å². The van der Waals surface area contributed by atoms with Gasteiger partial charge in [-0.25, -0.2) is 4.98 Å². The highest BCUT2D eigenvalue weighted by Gasteiger charge is 2.28. The third kappa shape index (κ3) is 7.46. The fourth-order valence-electron chi connectivity index (χ4n) is 4.16. The van der Waals surface area contributed by atoms with E-state index in [0.717, 1.165) is 25.7 Å². The van der Waals surface area contributed by atoms with Crippen molar-refractivity contribution in [2.24, 2.45) is 0 Å². The molecule has 3 amide bonds. The highest BCUT2D eigenvalue weighted by molar-refractivity contribution is 6.31. The Labute approximate surface area is 218 Å². The van der Waals surface area contributed by atoms with Crippen molar-refractivity contribution >= 4 is 29.3 Å². The summed E-state index contributed by atoms with van der Waals surface area (Å²) in [6.45, 7) is 4.53. The lowest BCUT2D eigenvalue weighted by molar-refractivity contribution is -0.134. The van der Waals surface area contributed by atoms with Crippen molar-refractivity contribution in [3.05, 3.63) is 47.5 Å². The lowest BCUT2D eigenvalue weighted by atomic mass is 10.1. The van der Waals surface area contributed by atoms with E-state index < -0.39 is 6.04 Å². The summed E-state index contributed by atoms with van der Waals surface area (Å²) < 4.78 is 7.84. The van der Waals surface area contributed by atoms with Gasteiger partial charge in [0.05, 0.1) is 18.5 Å². The van der Waals surface area contributed by atoms with Crippen LogP contribution < -0.4 is 4.74 Å². The number of aromatic nitrogens is 2. The van der Waals surface area contributed by atoms with Gasteiger partial charge < -0.3 is 24.0 Å². The third-order valence-electron chi connectivity index (χ3n) is 6.55.